The summed E-state index contributed by atoms with van der Waals surface area (Å²) in [4.78, 5) is 2.27. The van der Waals surface area contributed by atoms with Crippen LogP contribution in [0.5, 0.6) is 0 Å². The first-order chi connectivity index (χ1) is 11.9. The SMILES string of the molecule is c1cnn(CC2CN(c3ccc4nnc(C5CC5)n4n3)CCO2)c1. The number of hydrogen-bond donors (Lipinski definition) is 0. The molecule has 3 aromatic rings. The molecule has 1 unspecified atom stereocenters. The van der Waals surface area contributed by atoms with Gasteiger partial charge < -0.3 is 9.64 Å². The molecule has 24 heavy (non-hydrogen) atoms. The largest absolute Gasteiger partial charge is 0.373 e. The fraction of sp³-hybridized carbons (Fsp3) is 0.500. The third kappa shape index (κ3) is 2.52. The molecule has 3 aromatic heterocycles. The molecule has 5 rings (SSSR count). The molecule has 1 atom stereocenters. The molecule has 8 heteroatoms. The van der Waals surface area contributed by atoms with Gasteiger partial charge in [0.2, 0.25) is 0 Å². The average molecular weight is 325 g/mol. The Morgan fingerprint density at radius 1 is 1.21 bits per heavy atom. The summed E-state index contributed by atoms with van der Waals surface area (Å²) in [5.41, 5.74) is 0.821. The molecule has 1 saturated heterocycles. The maximum absolute atomic E-state index is 5.89. The number of anilines is 1. The fourth-order valence-electron chi connectivity index (χ4n) is 3.22. The van der Waals surface area contributed by atoms with E-state index < -0.39 is 0 Å². The highest BCUT2D eigenvalue weighted by Gasteiger charge is 2.30. The number of fused-ring (bicyclic) bond motifs is 1. The second kappa shape index (κ2) is 5.55. The average Bonchev–Trinajstić information content (AvgIpc) is 3.16. The molecule has 1 saturated carbocycles. The maximum Gasteiger partial charge on any atom is 0.178 e. The second-order valence-electron chi connectivity index (χ2n) is 6.46. The maximum atomic E-state index is 5.89. The minimum Gasteiger partial charge on any atom is -0.373 e. The van der Waals surface area contributed by atoms with Gasteiger partial charge in [-0.3, -0.25) is 4.68 Å². The van der Waals surface area contributed by atoms with Crippen molar-refractivity contribution >= 4 is 11.5 Å². The van der Waals surface area contributed by atoms with Crippen LogP contribution in [0.4, 0.5) is 5.82 Å². The molecule has 4 heterocycles. The van der Waals surface area contributed by atoms with Crippen LogP contribution in [0, 0.1) is 0 Å². The number of rotatable bonds is 4. The van der Waals surface area contributed by atoms with E-state index in [-0.39, 0.29) is 6.10 Å². The van der Waals surface area contributed by atoms with Crippen LogP contribution in [0.1, 0.15) is 24.6 Å². The molecule has 0 bridgehead atoms. The zero-order valence-corrected chi connectivity index (χ0v) is 13.3. The Bertz CT molecular complexity index is 839. The monoisotopic (exact) mass is 325 g/mol. The zero-order chi connectivity index (χ0) is 15.9. The molecular weight excluding hydrogens is 306 g/mol. The molecule has 0 N–H and O–H groups in total. The summed E-state index contributed by atoms with van der Waals surface area (Å²) in [7, 11) is 0. The number of aromatic nitrogens is 6. The Hall–Kier alpha value is -2.48. The van der Waals surface area contributed by atoms with Gasteiger partial charge in [-0.15, -0.1) is 15.3 Å². The summed E-state index contributed by atoms with van der Waals surface area (Å²) < 4.78 is 9.71. The topological polar surface area (TPSA) is 73.4 Å². The Balaban J connectivity index is 1.38. The van der Waals surface area contributed by atoms with E-state index in [1.54, 1.807) is 6.20 Å². The van der Waals surface area contributed by atoms with Crippen molar-refractivity contribution in [2.45, 2.75) is 31.4 Å². The number of nitrogens with zero attached hydrogens (tertiary/aromatic N) is 7. The highest BCUT2D eigenvalue weighted by Crippen LogP contribution is 2.38. The lowest BCUT2D eigenvalue weighted by molar-refractivity contribution is 0.0271. The second-order valence-corrected chi connectivity index (χ2v) is 6.46. The molecule has 124 valence electrons. The van der Waals surface area contributed by atoms with E-state index in [1.165, 1.54) is 12.8 Å². The van der Waals surface area contributed by atoms with Crippen molar-refractivity contribution in [1.82, 2.24) is 29.6 Å². The summed E-state index contributed by atoms with van der Waals surface area (Å²) in [6.07, 6.45) is 6.25. The predicted molar refractivity (Wildman–Crippen MR) is 86.9 cm³/mol. The highest BCUT2D eigenvalue weighted by atomic mass is 16.5. The molecule has 0 radical (unpaired) electrons. The standard InChI is InChI=1S/C16H19N7O/c1-6-17-22(7-1)11-13-10-21(8-9-24-13)15-5-4-14-18-19-16(12-2-3-12)23(14)20-15/h1,4-7,12-13H,2-3,8-11H2. The van der Waals surface area contributed by atoms with Gasteiger partial charge >= 0.3 is 0 Å². The fourth-order valence-corrected chi connectivity index (χ4v) is 3.22. The zero-order valence-electron chi connectivity index (χ0n) is 13.3. The number of ether oxygens (including phenoxy) is 1. The lowest BCUT2D eigenvalue weighted by atomic mass is 10.2. The van der Waals surface area contributed by atoms with Crippen molar-refractivity contribution in [3.63, 3.8) is 0 Å². The molecule has 0 aromatic carbocycles. The van der Waals surface area contributed by atoms with Crippen molar-refractivity contribution in [1.29, 1.82) is 0 Å². The Morgan fingerprint density at radius 2 is 2.17 bits per heavy atom. The minimum absolute atomic E-state index is 0.111. The first-order valence-corrected chi connectivity index (χ1v) is 8.43. The van der Waals surface area contributed by atoms with Crippen LogP contribution < -0.4 is 4.90 Å². The summed E-state index contributed by atoms with van der Waals surface area (Å²) in [6, 6.07) is 5.96. The van der Waals surface area contributed by atoms with Gasteiger partial charge in [0, 0.05) is 31.4 Å². The van der Waals surface area contributed by atoms with Crippen LogP contribution in [0.2, 0.25) is 0 Å². The van der Waals surface area contributed by atoms with Crippen molar-refractivity contribution in [2.24, 2.45) is 0 Å². The van der Waals surface area contributed by atoms with E-state index >= 15 is 0 Å². The van der Waals surface area contributed by atoms with E-state index in [0.29, 0.717) is 12.5 Å². The molecule has 1 aliphatic heterocycles. The lowest BCUT2D eigenvalue weighted by Gasteiger charge is -2.33. The van der Waals surface area contributed by atoms with Crippen molar-refractivity contribution in [2.75, 3.05) is 24.6 Å². The van der Waals surface area contributed by atoms with E-state index in [0.717, 1.165) is 36.9 Å². The molecule has 0 spiro atoms. The van der Waals surface area contributed by atoms with Crippen molar-refractivity contribution in [3.8, 4) is 0 Å². The van der Waals surface area contributed by atoms with Crippen molar-refractivity contribution in [3.05, 3.63) is 36.4 Å². The van der Waals surface area contributed by atoms with Crippen LogP contribution >= 0.6 is 0 Å². The van der Waals surface area contributed by atoms with Gasteiger partial charge in [-0.1, -0.05) is 0 Å². The van der Waals surface area contributed by atoms with E-state index in [2.05, 4.69) is 20.2 Å². The Morgan fingerprint density at radius 3 is 3.00 bits per heavy atom. The van der Waals surface area contributed by atoms with Crippen LogP contribution in [0.15, 0.2) is 30.6 Å². The van der Waals surface area contributed by atoms with Gasteiger partial charge in [0.15, 0.2) is 11.5 Å². The molecular formula is C16H19N7O. The molecule has 2 aliphatic rings. The van der Waals surface area contributed by atoms with E-state index in [1.807, 2.05) is 33.6 Å². The minimum atomic E-state index is 0.111. The van der Waals surface area contributed by atoms with Gasteiger partial charge in [0.1, 0.15) is 5.82 Å². The first-order valence-electron chi connectivity index (χ1n) is 8.43. The van der Waals surface area contributed by atoms with Gasteiger partial charge in [0.25, 0.3) is 0 Å². The quantitative estimate of drug-likeness (QED) is 0.715. The summed E-state index contributed by atoms with van der Waals surface area (Å²) in [5.74, 6) is 2.48. The van der Waals surface area contributed by atoms with Gasteiger partial charge in [0.05, 0.1) is 19.3 Å². The van der Waals surface area contributed by atoms with Gasteiger partial charge in [-0.25, -0.2) is 0 Å². The summed E-state index contributed by atoms with van der Waals surface area (Å²) in [5, 5.41) is 17.6. The number of morpholine rings is 1. The van der Waals surface area contributed by atoms with E-state index in [9.17, 15) is 0 Å². The molecule has 1 aliphatic carbocycles. The van der Waals surface area contributed by atoms with Crippen molar-refractivity contribution < 1.29 is 4.74 Å². The Labute approximate surface area is 139 Å². The third-order valence-corrected chi connectivity index (χ3v) is 4.63. The van der Waals surface area contributed by atoms with Crippen LogP contribution in [0.25, 0.3) is 5.65 Å². The molecule has 2 fully saturated rings. The van der Waals surface area contributed by atoms with Gasteiger partial charge in [-0.05, 0) is 31.0 Å². The van der Waals surface area contributed by atoms with E-state index in [4.69, 9.17) is 9.84 Å². The predicted octanol–water partition coefficient (Wildman–Crippen LogP) is 1.10. The summed E-state index contributed by atoms with van der Waals surface area (Å²) in [6.45, 7) is 3.10. The summed E-state index contributed by atoms with van der Waals surface area (Å²) >= 11 is 0. The lowest BCUT2D eigenvalue weighted by Crippen LogP contribution is -2.44. The molecule has 0 amide bonds. The van der Waals surface area contributed by atoms with Gasteiger partial charge in [-0.2, -0.15) is 9.61 Å². The highest BCUT2D eigenvalue weighted by molar-refractivity contribution is 5.46. The third-order valence-electron chi connectivity index (χ3n) is 4.63. The number of hydrogen-bond acceptors (Lipinski definition) is 6. The molecule has 8 nitrogen and oxygen atoms in total. The Kier molecular flexibility index (Phi) is 3.22. The first kappa shape index (κ1) is 13.9. The van der Waals surface area contributed by atoms with Crippen LogP contribution in [-0.2, 0) is 11.3 Å². The normalized spacial score (nSPS) is 21.5. The van der Waals surface area contributed by atoms with Crippen LogP contribution in [-0.4, -0.2) is 55.4 Å². The van der Waals surface area contributed by atoms with Crippen LogP contribution in [0.3, 0.4) is 0 Å². The smallest absolute Gasteiger partial charge is 0.178 e.